The second kappa shape index (κ2) is 11.8. The minimum atomic E-state index is -0.341. The smallest absolute Gasteiger partial charge is 0.273 e. The monoisotopic (exact) mass is 510 g/mol. The van der Waals surface area contributed by atoms with Gasteiger partial charge in [0.15, 0.2) is 11.5 Å². The number of phenols is 2. The van der Waals surface area contributed by atoms with Crippen molar-refractivity contribution in [2.45, 2.75) is 18.9 Å². The predicted octanol–water partition coefficient (Wildman–Crippen LogP) is 3.94. The van der Waals surface area contributed by atoms with Crippen LogP contribution >= 0.6 is 24.8 Å². The first-order chi connectivity index (χ1) is 15.4. The molecule has 2 heterocycles. The van der Waals surface area contributed by atoms with E-state index in [1.807, 2.05) is 31.1 Å². The van der Waals surface area contributed by atoms with Gasteiger partial charge < -0.3 is 35.0 Å². The van der Waals surface area contributed by atoms with Gasteiger partial charge in [0.25, 0.3) is 5.91 Å². The standard InChI is InChI=1S/C23H26N4O5.2ClH/c1-27(2)15-3-5-17(6-4-15)31-20-12-16(28)11-19(29)22(20)21-13-18(26-32-21)23(30)25-14-7-9-24-10-8-14;;/h3-6,11-14,24,28-29H,7-10H2,1-2H3,(H,25,30);2*1H. The molecule has 1 aliphatic rings. The van der Waals surface area contributed by atoms with Crippen LogP contribution in [0.3, 0.4) is 0 Å². The highest BCUT2D eigenvalue weighted by atomic mass is 35.5. The van der Waals surface area contributed by atoms with Gasteiger partial charge in [0.2, 0.25) is 0 Å². The third kappa shape index (κ3) is 6.25. The van der Waals surface area contributed by atoms with Crippen molar-refractivity contribution in [1.82, 2.24) is 15.8 Å². The average molecular weight is 511 g/mol. The number of ether oxygens (including phenoxy) is 1. The molecule has 184 valence electrons. The first-order valence-electron chi connectivity index (χ1n) is 10.4. The number of hydrogen-bond donors (Lipinski definition) is 4. The fourth-order valence-electron chi connectivity index (χ4n) is 3.58. The normalized spacial score (nSPS) is 13.4. The van der Waals surface area contributed by atoms with Crippen molar-refractivity contribution in [3.63, 3.8) is 0 Å². The zero-order valence-corrected chi connectivity index (χ0v) is 20.4. The fourth-order valence-corrected chi connectivity index (χ4v) is 3.58. The van der Waals surface area contributed by atoms with Crippen LogP contribution in [0.4, 0.5) is 5.69 Å². The zero-order chi connectivity index (χ0) is 22.7. The van der Waals surface area contributed by atoms with Crippen LogP contribution in [-0.4, -0.2) is 54.5 Å². The van der Waals surface area contributed by atoms with Crippen molar-refractivity contribution in [1.29, 1.82) is 0 Å². The predicted molar refractivity (Wildman–Crippen MR) is 134 cm³/mol. The second-order valence-electron chi connectivity index (χ2n) is 7.90. The van der Waals surface area contributed by atoms with Gasteiger partial charge in [0.1, 0.15) is 28.6 Å². The number of aromatic hydroxyl groups is 2. The molecule has 0 bridgehead atoms. The molecule has 2 aromatic carbocycles. The highest BCUT2D eigenvalue weighted by Crippen LogP contribution is 2.43. The molecule has 0 spiro atoms. The zero-order valence-electron chi connectivity index (χ0n) is 18.8. The van der Waals surface area contributed by atoms with Crippen molar-refractivity contribution in [3.8, 4) is 34.3 Å². The number of carbonyl (C=O) groups excluding carboxylic acids is 1. The summed E-state index contributed by atoms with van der Waals surface area (Å²) in [5.74, 6) is 0.0533. The maximum Gasteiger partial charge on any atom is 0.273 e. The van der Waals surface area contributed by atoms with E-state index in [0.29, 0.717) is 5.75 Å². The lowest BCUT2D eigenvalue weighted by atomic mass is 10.1. The van der Waals surface area contributed by atoms with E-state index in [2.05, 4.69) is 15.8 Å². The van der Waals surface area contributed by atoms with Crippen LogP contribution in [0.15, 0.2) is 47.0 Å². The van der Waals surface area contributed by atoms with Crippen molar-refractivity contribution >= 4 is 36.4 Å². The third-order valence-electron chi connectivity index (χ3n) is 5.31. The summed E-state index contributed by atoms with van der Waals surface area (Å²) in [4.78, 5) is 14.5. The van der Waals surface area contributed by atoms with E-state index in [1.165, 1.54) is 18.2 Å². The van der Waals surface area contributed by atoms with Gasteiger partial charge in [-0.25, -0.2) is 0 Å². The lowest BCUT2D eigenvalue weighted by Gasteiger charge is -2.23. The summed E-state index contributed by atoms with van der Waals surface area (Å²) in [5.41, 5.74) is 1.29. The molecule has 0 radical (unpaired) electrons. The summed E-state index contributed by atoms with van der Waals surface area (Å²) < 4.78 is 11.3. The molecule has 1 fully saturated rings. The third-order valence-corrected chi connectivity index (χ3v) is 5.31. The maximum absolute atomic E-state index is 12.6. The highest BCUT2D eigenvalue weighted by molar-refractivity contribution is 5.93. The minimum Gasteiger partial charge on any atom is -0.508 e. The Morgan fingerprint density at radius 1 is 1.12 bits per heavy atom. The Morgan fingerprint density at radius 2 is 1.79 bits per heavy atom. The summed E-state index contributed by atoms with van der Waals surface area (Å²) >= 11 is 0. The Labute approximate surface area is 209 Å². The van der Waals surface area contributed by atoms with E-state index >= 15 is 0 Å². The molecule has 3 aromatic rings. The second-order valence-corrected chi connectivity index (χ2v) is 7.90. The minimum absolute atomic E-state index is 0. The maximum atomic E-state index is 12.6. The van der Waals surface area contributed by atoms with Gasteiger partial charge in [-0.05, 0) is 50.2 Å². The number of nitrogens with one attached hydrogen (secondary N) is 2. The molecule has 0 atom stereocenters. The van der Waals surface area contributed by atoms with Crippen LogP contribution in [-0.2, 0) is 0 Å². The van der Waals surface area contributed by atoms with Crippen LogP contribution in [0.2, 0.25) is 0 Å². The van der Waals surface area contributed by atoms with Gasteiger partial charge in [-0.15, -0.1) is 24.8 Å². The first-order valence-corrected chi connectivity index (χ1v) is 10.4. The van der Waals surface area contributed by atoms with Gasteiger partial charge in [-0.2, -0.15) is 0 Å². The van der Waals surface area contributed by atoms with Gasteiger partial charge in [0.05, 0.1) is 0 Å². The Kier molecular flexibility index (Phi) is 9.43. The van der Waals surface area contributed by atoms with E-state index < -0.39 is 0 Å². The van der Waals surface area contributed by atoms with Crippen molar-refractivity contribution in [2.75, 3.05) is 32.1 Å². The van der Waals surface area contributed by atoms with Crippen LogP contribution in [0.5, 0.6) is 23.0 Å². The molecule has 9 nitrogen and oxygen atoms in total. The van der Waals surface area contributed by atoms with E-state index in [1.54, 1.807) is 12.1 Å². The molecule has 4 rings (SSSR count). The molecule has 34 heavy (non-hydrogen) atoms. The van der Waals surface area contributed by atoms with E-state index in [0.717, 1.165) is 31.6 Å². The molecule has 0 unspecified atom stereocenters. The number of hydrogen-bond acceptors (Lipinski definition) is 8. The molecular weight excluding hydrogens is 483 g/mol. The number of benzene rings is 2. The quantitative estimate of drug-likeness (QED) is 0.393. The molecule has 4 N–H and O–H groups in total. The molecule has 1 saturated heterocycles. The fraction of sp³-hybridized carbons (Fsp3) is 0.304. The number of aromatic nitrogens is 1. The number of anilines is 1. The van der Waals surface area contributed by atoms with E-state index in [9.17, 15) is 15.0 Å². The topological polar surface area (TPSA) is 120 Å². The van der Waals surface area contributed by atoms with Gasteiger partial charge in [-0.3, -0.25) is 4.79 Å². The highest BCUT2D eigenvalue weighted by Gasteiger charge is 2.23. The number of halogens is 2. The van der Waals surface area contributed by atoms with E-state index in [4.69, 9.17) is 9.26 Å². The number of rotatable bonds is 6. The Balaban J connectivity index is 0.00000204. The molecule has 1 amide bonds. The van der Waals surface area contributed by atoms with Gasteiger partial charge in [-0.1, -0.05) is 5.16 Å². The van der Waals surface area contributed by atoms with Gasteiger partial charge in [0, 0.05) is 44.0 Å². The molecule has 0 saturated carbocycles. The summed E-state index contributed by atoms with van der Waals surface area (Å²) in [5, 5.41) is 30.5. The summed E-state index contributed by atoms with van der Waals surface area (Å²) in [6.07, 6.45) is 1.69. The van der Waals surface area contributed by atoms with E-state index in [-0.39, 0.29) is 71.0 Å². The van der Waals surface area contributed by atoms with Crippen LogP contribution in [0, 0.1) is 0 Å². The molecule has 11 heteroatoms. The number of piperidine rings is 1. The number of amides is 1. The molecule has 0 aliphatic carbocycles. The first kappa shape index (κ1) is 27.1. The lowest BCUT2D eigenvalue weighted by molar-refractivity contribution is 0.0920. The number of carbonyl (C=O) groups is 1. The molecule has 1 aromatic heterocycles. The molecule has 1 aliphatic heterocycles. The van der Waals surface area contributed by atoms with Crippen LogP contribution in [0.25, 0.3) is 11.3 Å². The van der Waals surface area contributed by atoms with Crippen molar-refractivity contribution < 1.29 is 24.3 Å². The Bertz CT molecular complexity index is 1100. The van der Waals surface area contributed by atoms with Gasteiger partial charge >= 0.3 is 0 Å². The largest absolute Gasteiger partial charge is 0.508 e. The van der Waals surface area contributed by atoms with Crippen LogP contribution in [0.1, 0.15) is 23.3 Å². The van der Waals surface area contributed by atoms with Crippen molar-refractivity contribution in [2.24, 2.45) is 0 Å². The molecular formula is C23H28Cl2N4O5. The van der Waals surface area contributed by atoms with Crippen molar-refractivity contribution in [3.05, 3.63) is 48.2 Å². The Morgan fingerprint density at radius 3 is 2.44 bits per heavy atom. The average Bonchev–Trinajstić information content (AvgIpc) is 3.24. The SMILES string of the molecule is CN(C)c1ccc(Oc2cc(O)cc(O)c2-c2cc(C(=O)NC3CCNCC3)no2)cc1.Cl.Cl. The van der Waals surface area contributed by atoms with Crippen LogP contribution < -0.4 is 20.3 Å². The summed E-state index contributed by atoms with van der Waals surface area (Å²) in [7, 11) is 3.87. The number of phenolic OH excluding ortho intramolecular Hbond substituents is 2. The summed E-state index contributed by atoms with van der Waals surface area (Å²) in [6, 6.07) is 11.4. The lowest BCUT2D eigenvalue weighted by Crippen LogP contribution is -2.42. The number of nitrogens with zero attached hydrogens (tertiary/aromatic N) is 2. The Hall–Kier alpha value is -3.14. The summed E-state index contributed by atoms with van der Waals surface area (Å²) in [6.45, 7) is 1.71.